The van der Waals surface area contributed by atoms with Crippen molar-refractivity contribution in [2.75, 3.05) is 6.26 Å². The number of carbonyl (C=O) groups is 1. The molecule has 2 aromatic rings. The van der Waals surface area contributed by atoms with E-state index in [0.717, 1.165) is 6.07 Å². The fourth-order valence-electron chi connectivity index (χ4n) is 1.90. The highest BCUT2D eigenvalue weighted by atomic mass is 32.2. The molecule has 0 saturated carbocycles. The average molecular weight is 368 g/mol. The Morgan fingerprint density at radius 3 is 2.58 bits per heavy atom. The first-order chi connectivity index (χ1) is 11.3. The van der Waals surface area contributed by atoms with Crippen LogP contribution in [0.5, 0.6) is 0 Å². The Morgan fingerprint density at radius 2 is 2.00 bits per heavy atom. The van der Waals surface area contributed by atoms with Crippen molar-refractivity contribution in [3.8, 4) is 0 Å². The van der Waals surface area contributed by atoms with Gasteiger partial charge in [-0.3, -0.25) is 9.59 Å². The molecular weight excluding hydrogens is 352 g/mol. The normalized spacial score (nSPS) is 11.2. The van der Waals surface area contributed by atoms with Crippen molar-refractivity contribution in [2.45, 2.75) is 17.2 Å². The predicted octanol–water partition coefficient (Wildman–Crippen LogP) is 0.210. The highest BCUT2D eigenvalue weighted by molar-refractivity contribution is 7.97. The number of amides is 1. The standard InChI is InChI=1S/C14H16N4O4S2/c1-23-8-12-17-11(6-13(19)18-12)14(20)16-7-9-2-4-10(5-3-9)24(15,21)22/h2-6H,7-8H2,1H3,(H,16,20)(H2,15,21,22)(H,17,18,19). The number of rotatable bonds is 6. The van der Waals surface area contributed by atoms with Crippen molar-refractivity contribution in [2.24, 2.45) is 5.14 Å². The Balaban J connectivity index is 2.07. The topological polar surface area (TPSA) is 135 Å². The van der Waals surface area contributed by atoms with Gasteiger partial charge >= 0.3 is 0 Å². The molecule has 128 valence electrons. The fraction of sp³-hybridized carbons (Fsp3) is 0.214. The van der Waals surface area contributed by atoms with Crippen LogP contribution in [0.2, 0.25) is 0 Å². The number of nitrogens with zero attached hydrogens (tertiary/aromatic N) is 1. The summed E-state index contributed by atoms with van der Waals surface area (Å²) in [5.41, 5.74) is 0.325. The van der Waals surface area contributed by atoms with Crippen molar-refractivity contribution >= 4 is 27.7 Å². The minimum Gasteiger partial charge on any atom is -0.347 e. The molecule has 0 aliphatic heterocycles. The molecule has 4 N–H and O–H groups in total. The fourth-order valence-corrected chi connectivity index (χ4v) is 2.82. The Labute approximate surface area is 142 Å². The SMILES string of the molecule is CSCc1nc(C(=O)NCc2ccc(S(N)(=O)=O)cc2)cc(=O)[nH]1. The monoisotopic (exact) mass is 368 g/mol. The summed E-state index contributed by atoms with van der Waals surface area (Å²) in [4.78, 5) is 30.3. The second-order valence-corrected chi connectivity index (χ2v) is 7.31. The van der Waals surface area contributed by atoms with Crippen LogP contribution < -0.4 is 16.0 Å². The van der Waals surface area contributed by atoms with Gasteiger partial charge in [-0.1, -0.05) is 12.1 Å². The number of aromatic nitrogens is 2. The molecule has 0 radical (unpaired) electrons. The van der Waals surface area contributed by atoms with Crippen LogP contribution in [0.1, 0.15) is 21.9 Å². The first-order valence-corrected chi connectivity index (χ1v) is 9.73. The molecule has 8 nitrogen and oxygen atoms in total. The Bertz CT molecular complexity index is 892. The first-order valence-electron chi connectivity index (χ1n) is 6.78. The summed E-state index contributed by atoms with van der Waals surface area (Å²) >= 11 is 1.47. The molecule has 2 rings (SSSR count). The molecule has 0 fully saturated rings. The third kappa shape index (κ3) is 4.91. The summed E-state index contributed by atoms with van der Waals surface area (Å²) in [6, 6.07) is 6.94. The van der Waals surface area contributed by atoms with E-state index >= 15 is 0 Å². The minimum absolute atomic E-state index is 0.00413. The van der Waals surface area contributed by atoms with E-state index in [0.29, 0.717) is 17.1 Å². The summed E-state index contributed by atoms with van der Waals surface area (Å²) in [5, 5.41) is 7.65. The van der Waals surface area contributed by atoms with E-state index in [4.69, 9.17) is 5.14 Å². The minimum atomic E-state index is -3.75. The Kier molecular flexibility index (Phi) is 5.75. The van der Waals surface area contributed by atoms with Crippen LogP contribution >= 0.6 is 11.8 Å². The quantitative estimate of drug-likeness (QED) is 0.667. The van der Waals surface area contributed by atoms with E-state index in [1.165, 1.54) is 23.9 Å². The molecular formula is C14H16N4O4S2. The van der Waals surface area contributed by atoms with E-state index < -0.39 is 21.5 Å². The molecule has 0 bridgehead atoms. The smallest absolute Gasteiger partial charge is 0.270 e. The number of nitrogens with one attached hydrogen (secondary N) is 2. The van der Waals surface area contributed by atoms with Crippen LogP contribution in [0.15, 0.2) is 40.0 Å². The number of hydrogen-bond acceptors (Lipinski definition) is 6. The zero-order valence-corrected chi connectivity index (χ0v) is 14.4. The summed E-state index contributed by atoms with van der Waals surface area (Å²) in [6.07, 6.45) is 1.86. The molecule has 0 unspecified atom stereocenters. The van der Waals surface area contributed by atoms with Crippen molar-refractivity contribution in [1.29, 1.82) is 0 Å². The molecule has 1 amide bonds. The molecule has 10 heteroatoms. The van der Waals surface area contributed by atoms with Gasteiger partial charge < -0.3 is 10.3 Å². The van der Waals surface area contributed by atoms with Crippen LogP contribution in [-0.2, 0) is 22.3 Å². The number of benzene rings is 1. The van der Waals surface area contributed by atoms with Gasteiger partial charge in [-0.05, 0) is 24.0 Å². The molecule has 1 heterocycles. The molecule has 0 aliphatic rings. The second-order valence-electron chi connectivity index (χ2n) is 4.88. The maximum atomic E-state index is 12.1. The molecule has 0 spiro atoms. The van der Waals surface area contributed by atoms with E-state index in [-0.39, 0.29) is 17.1 Å². The van der Waals surface area contributed by atoms with Crippen LogP contribution in [0.25, 0.3) is 0 Å². The Hall–Kier alpha value is -2.17. The maximum absolute atomic E-state index is 12.1. The van der Waals surface area contributed by atoms with Crippen LogP contribution in [-0.4, -0.2) is 30.5 Å². The van der Waals surface area contributed by atoms with Gasteiger partial charge in [0, 0.05) is 12.6 Å². The van der Waals surface area contributed by atoms with Gasteiger partial charge in [0.2, 0.25) is 10.0 Å². The molecule has 24 heavy (non-hydrogen) atoms. The highest BCUT2D eigenvalue weighted by Gasteiger charge is 2.11. The third-order valence-corrected chi connectivity index (χ3v) is 4.50. The van der Waals surface area contributed by atoms with Gasteiger partial charge in [0.1, 0.15) is 11.5 Å². The van der Waals surface area contributed by atoms with Crippen LogP contribution in [0, 0.1) is 0 Å². The van der Waals surface area contributed by atoms with E-state index in [1.54, 1.807) is 12.1 Å². The number of hydrogen-bond donors (Lipinski definition) is 3. The maximum Gasteiger partial charge on any atom is 0.270 e. The largest absolute Gasteiger partial charge is 0.347 e. The lowest BCUT2D eigenvalue weighted by atomic mass is 10.2. The average Bonchev–Trinajstić information content (AvgIpc) is 2.52. The number of primary sulfonamides is 1. The van der Waals surface area contributed by atoms with Crippen molar-refractivity contribution in [3.63, 3.8) is 0 Å². The van der Waals surface area contributed by atoms with Crippen molar-refractivity contribution in [3.05, 3.63) is 57.8 Å². The van der Waals surface area contributed by atoms with Gasteiger partial charge in [0.15, 0.2) is 0 Å². The van der Waals surface area contributed by atoms with Gasteiger partial charge in [0.05, 0.1) is 10.6 Å². The summed E-state index contributed by atoms with van der Waals surface area (Å²) in [6.45, 7) is 0.163. The lowest BCUT2D eigenvalue weighted by molar-refractivity contribution is 0.0945. The predicted molar refractivity (Wildman–Crippen MR) is 91.1 cm³/mol. The van der Waals surface area contributed by atoms with E-state index in [2.05, 4.69) is 15.3 Å². The van der Waals surface area contributed by atoms with Crippen molar-refractivity contribution in [1.82, 2.24) is 15.3 Å². The highest BCUT2D eigenvalue weighted by Crippen LogP contribution is 2.09. The zero-order valence-electron chi connectivity index (χ0n) is 12.8. The molecule has 0 atom stereocenters. The van der Waals surface area contributed by atoms with Gasteiger partial charge in [-0.15, -0.1) is 0 Å². The van der Waals surface area contributed by atoms with Crippen molar-refractivity contribution < 1.29 is 13.2 Å². The Morgan fingerprint density at radius 1 is 1.33 bits per heavy atom. The van der Waals surface area contributed by atoms with Gasteiger partial charge in [-0.25, -0.2) is 18.5 Å². The third-order valence-electron chi connectivity index (χ3n) is 3.01. The summed E-state index contributed by atoms with van der Waals surface area (Å²) in [7, 11) is -3.75. The van der Waals surface area contributed by atoms with Crippen LogP contribution in [0.3, 0.4) is 0 Å². The zero-order chi connectivity index (χ0) is 17.7. The molecule has 1 aromatic heterocycles. The van der Waals surface area contributed by atoms with Crippen LogP contribution in [0.4, 0.5) is 0 Å². The van der Waals surface area contributed by atoms with Gasteiger partial charge in [-0.2, -0.15) is 11.8 Å². The number of H-pyrrole nitrogens is 1. The summed E-state index contributed by atoms with van der Waals surface area (Å²) in [5.74, 6) is 0.433. The lowest BCUT2D eigenvalue weighted by Gasteiger charge is -2.06. The second kappa shape index (κ2) is 7.60. The number of thioether (sulfide) groups is 1. The molecule has 0 aliphatic carbocycles. The number of aromatic amines is 1. The van der Waals surface area contributed by atoms with Gasteiger partial charge in [0.25, 0.3) is 11.5 Å². The first kappa shape index (κ1) is 18.2. The summed E-state index contributed by atoms with van der Waals surface area (Å²) < 4.78 is 22.4. The molecule has 0 saturated heterocycles. The van der Waals surface area contributed by atoms with E-state index in [1.807, 2.05) is 6.26 Å². The van der Waals surface area contributed by atoms with E-state index in [9.17, 15) is 18.0 Å². The number of nitrogens with two attached hydrogens (primary N) is 1. The lowest BCUT2D eigenvalue weighted by Crippen LogP contribution is -2.26. The number of sulfonamides is 1. The molecule has 1 aromatic carbocycles. The number of carbonyl (C=O) groups excluding carboxylic acids is 1.